The second-order valence-corrected chi connectivity index (χ2v) is 2.66. The van der Waals surface area contributed by atoms with Gasteiger partial charge in [0.15, 0.2) is 0 Å². The van der Waals surface area contributed by atoms with Crippen molar-refractivity contribution >= 4 is 0 Å². The summed E-state index contributed by atoms with van der Waals surface area (Å²) in [7, 11) is 0. The van der Waals surface area contributed by atoms with E-state index in [1.807, 2.05) is 0 Å². The van der Waals surface area contributed by atoms with Gasteiger partial charge in [0.05, 0.1) is 25.4 Å². The number of aliphatic hydroxyl groups is 2. The molecule has 0 bridgehead atoms. The zero-order valence-electron chi connectivity index (χ0n) is 6.86. The molecule has 0 spiro atoms. The first-order valence-electron chi connectivity index (χ1n) is 3.79. The highest BCUT2D eigenvalue weighted by atomic mass is 16.5. The number of hydrogen-bond donors (Lipinski definition) is 3. The minimum Gasteiger partial charge on any atom is -0.395 e. The molecule has 0 unspecified atom stereocenters. The van der Waals surface area contributed by atoms with Crippen LogP contribution in [0.3, 0.4) is 0 Å². The molecular formula is C7H17NO3. The monoisotopic (exact) mass is 163 g/mol. The van der Waals surface area contributed by atoms with Gasteiger partial charge in [-0.05, 0) is 13.3 Å². The third-order valence-electron chi connectivity index (χ3n) is 1.25. The standard InChI is InChI=1S/C7H17NO3/c1-6(10)2-3-11-5-7(8)4-9/h6-7,9-10H,2-5,8H2,1H3/t6-,7+/m1/s1. The SMILES string of the molecule is C[C@@H](O)CCOC[C@@H](N)CO. The molecule has 4 N–H and O–H groups in total. The van der Waals surface area contributed by atoms with Crippen molar-refractivity contribution in [2.45, 2.75) is 25.5 Å². The van der Waals surface area contributed by atoms with Crippen molar-refractivity contribution in [1.29, 1.82) is 0 Å². The van der Waals surface area contributed by atoms with Gasteiger partial charge in [0.25, 0.3) is 0 Å². The molecule has 0 amide bonds. The van der Waals surface area contributed by atoms with E-state index in [-0.39, 0.29) is 18.8 Å². The van der Waals surface area contributed by atoms with Gasteiger partial charge in [0.2, 0.25) is 0 Å². The Hall–Kier alpha value is -0.160. The molecule has 0 aromatic rings. The Balaban J connectivity index is 3.01. The summed E-state index contributed by atoms with van der Waals surface area (Å²) < 4.78 is 5.05. The zero-order valence-corrected chi connectivity index (χ0v) is 6.86. The maximum Gasteiger partial charge on any atom is 0.0639 e. The number of hydrogen-bond acceptors (Lipinski definition) is 4. The lowest BCUT2D eigenvalue weighted by molar-refractivity contribution is 0.0712. The highest BCUT2D eigenvalue weighted by molar-refractivity contribution is 4.56. The van der Waals surface area contributed by atoms with Gasteiger partial charge in [-0.15, -0.1) is 0 Å². The summed E-state index contributed by atoms with van der Waals surface area (Å²) in [6.45, 7) is 2.48. The summed E-state index contributed by atoms with van der Waals surface area (Å²) in [6.07, 6.45) is 0.276. The van der Waals surface area contributed by atoms with Gasteiger partial charge in [-0.2, -0.15) is 0 Å². The van der Waals surface area contributed by atoms with Crippen LogP contribution in [0.4, 0.5) is 0 Å². The van der Waals surface area contributed by atoms with E-state index in [1.54, 1.807) is 6.92 Å². The predicted molar refractivity (Wildman–Crippen MR) is 42.2 cm³/mol. The minimum atomic E-state index is -0.333. The van der Waals surface area contributed by atoms with Crippen LogP contribution in [0.2, 0.25) is 0 Å². The largest absolute Gasteiger partial charge is 0.395 e. The second-order valence-electron chi connectivity index (χ2n) is 2.66. The van der Waals surface area contributed by atoms with Gasteiger partial charge >= 0.3 is 0 Å². The van der Waals surface area contributed by atoms with Crippen LogP contribution in [0.5, 0.6) is 0 Å². The molecule has 0 aromatic heterocycles. The van der Waals surface area contributed by atoms with Crippen LogP contribution >= 0.6 is 0 Å². The van der Waals surface area contributed by atoms with Gasteiger partial charge in [0, 0.05) is 6.61 Å². The normalized spacial score (nSPS) is 16.4. The highest BCUT2D eigenvalue weighted by Gasteiger charge is 2.00. The van der Waals surface area contributed by atoms with E-state index in [0.29, 0.717) is 19.6 Å². The molecule has 11 heavy (non-hydrogen) atoms. The minimum absolute atomic E-state index is 0.0608. The molecule has 68 valence electrons. The third kappa shape index (κ3) is 7.74. The Bertz CT molecular complexity index is 87.8. The number of aliphatic hydroxyl groups excluding tert-OH is 2. The summed E-state index contributed by atoms with van der Waals surface area (Å²) in [5.74, 6) is 0. The van der Waals surface area contributed by atoms with E-state index in [2.05, 4.69) is 0 Å². The van der Waals surface area contributed by atoms with Crippen molar-refractivity contribution < 1.29 is 14.9 Å². The third-order valence-corrected chi connectivity index (χ3v) is 1.25. The molecule has 0 aliphatic carbocycles. The molecule has 0 saturated heterocycles. The van der Waals surface area contributed by atoms with Gasteiger partial charge in [0.1, 0.15) is 0 Å². The molecule has 0 fully saturated rings. The average molecular weight is 163 g/mol. The molecule has 2 atom stereocenters. The lowest BCUT2D eigenvalue weighted by Crippen LogP contribution is -2.30. The van der Waals surface area contributed by atoms with E-state index >= 15 is 0 Å². The first-order valence-corrected chi connectivity index (χ1v) is 3.79. The van der Waals surface area contributed by atoms with Crippen molar-refractivity contribution in [2.75, 3.05) is 19.8 Å². The Morgan fingerprint density at radius 1 is 1.55 bits per heavy atom. The molecule has 0 aliphatic heterocycles. The average Bonchev–Trinajstić information content (AvgIpc) is 1.97. The van der Waals surface area contributed by atoms with Crippen molar-refractivity contribution in [3.63, 3.8) is 0 Å². The number of nitrogens with two attached hydrogens (primary N) is 1. The van der Waals surface area contributed by atoms with Crippen LogP contribution in [0, 0.1) is 0 Å². The van der Waals surface area contributed by atoms with Gasteiger partial charge in [-0.3, -0.25) is 0 Å². The van der Waals surface area contributed by atoms with Crippen LogP contribution in [0.1, 0.15) is 13.3 Å². The molecule has 0 rings (SSSR count). The van der Waals surface area contributed by atoms with Gasteiger partial charge in [-0.25, -0.2) is 0 Å². The lowest BCUT2D eigenvalue weighted by atomic mass is 10.3. The number of ether oxygens (including phenoxy) is 1. The van der Waals surface area contributed by atoms with Crippen LogP contribution in [0.25, 0.3) is 0 Å². The molecular weight excluding hydrogens is 146 g/mol. The first kappa shape index (κ1) is 10.8. The van der Waals surface area contributed by atoms with Crippen molar-refractivity contribution in [1.82, 2.24) is 0 Å². The van der Waals surface area contributed by atoms with Crippen LogP contribution < -0.4 is 5.73 Å². The summed E-state index contributed by atoms with van der Waals surface area (Å²) >= 11 is 0. The van der Waals surface area contributed by atoms with Crippen molar-refractivity contribution in [3.8, 4) is 0 Å². The van der Waals surface area contributed by atoms with E-state index in [9.17, 15) is 0 Å². The quantitative estimate of drug-likeness (QED) is 0.443. The molecule has 4 nitrogen and oxygen atoms in total. The smallest absolute Gasteiger partial charge is 0.0639 e. The van der Waals surface area contributed by atoms with Gasteiger partial charge < -0.3 is 20.7 Å². The molecule has 0 aliphatic rings. The Labute approximate surface area is 67.0 Å². The van der Waals surface area contributed by atoms with E-state index in [0.717, 1.165) is 0 Å². The Kier molecular flexibility index (Phi) is 6.45. The summed E-state index contributed by atoms with van der Waals surface area (Å²) in [6, 6.07) is -0.302. The predicted octanol–water partition coefficient (Wildman–Crippen LogP) is -0.906. The maximum atomic E-state index is 8.81. The van der Waals surface area contributed by atoms with Gasteiger partial charge in [-0.1, -0.05) is 0 Å². The summed E-state index contributed by atoms with van der Waals surface area (Å²) in [5.41, 5.74) is 5.35. The zero-order chi connectivity index (χ0) is 8.69. The second kappa shape index (κ2) is 6.54. The van der Waals surface area contributed by atoms with E-state index < -0.39 is 0 Å². The fourth-order valence-electron chi connectivity index (χ4n) is 0.541. The topological polar surface area (TPSA) is 75.7 Å². The summed E-state index contributed by atoms with van der Waals surface area (Å²) in [5, 5.41) is 17.3. The molecule has 0 radical (unpaired) electrons. The first-order chi connectivity index (χ1) is 5.16. The number of rotatable bonds is 6. The molecule has 4 heteroatoms. The van der Waals surface area contributed by atoms with Crippen molar-refractivity contribution in [2.24, 2.45) is 5.73 Å². The maximum absolute atomic E-state index is 8.81. The van der Waals surface area contributed by atoms with Crippen LogP contribution in [0.15, 0.2) is 0 Å². The fourth-order valence-corrected chi connectivity index (χ4v) is 0.541. The Morgan fingerprint density at radius 2 is 2.18 bits per heavy atom. The van der Waals surface area contributed by atoms with Crippen LogP contribution in [-0.2, 0) is 4.74 Å². The molecule has 0 heterocycles. The Morgan fingerprint density at radius 3 is 2.64 bits per heavy atom. The summed E-state index contributed by atoms with van der Waals surface area (Å²) in [4.78, 5) is 0. The van der Waals surface area contributed by atoms with E-state index in [4.69, 9.17) is 20.7 Å². The van der Waals surface area contributed by atoms with E-state index in [1.165, 1.54) is 0 Å². The van der Waals surface area contributed by atoms with Crippen LogP contribution in [-0.4, -0.2) is 42.2 Å². The van der Waals surface area contributed by atoms with Crippen molar-refractivity contribution in [3.05, 3.63) is 0 Å². The molecule has 0 saturated carbocycles. The highest BCUT2D eigenvalue weighted by Crippen LogP contribution is 1.90. The fraction of sp³-hybridized carbons (Fsp3) is 1.00. The molecule has 0 aromatic carbocycles. The lowest BCUT2D eigenvalue weighted by Gasteiger charge is -2.09.